The summed E-state index contributed by atoms with van der Waals surface area (Å²) in [6.07, 6.45) is 4.28. The van der Waals surface area contributed by atoms with Gasteiger partial charge in [0.2, 0.25) is 0 Å². The van der Waals surface area contributed by atoms with Gasteiger partial charge < -0.3 is 0 Å². The molecule has 1 aliphatic rings. The molecule has 1 aromatic rings. The highest BCUT2D eigenvalue weighted by atomic mass is 32.1. The largest absolute Gasteiger partial charge is 0.146 e. The summed E-state index contributed by atoms with van der Waals surface area (Å²) in [6, 6.07) is 4.50. The second kappa shape index (κ2) is 2.39. The number of rotatable bonds is 2. The standard InChI is InChI=1S/C9H12S/c1-7-2-5-9(10-7)6-8-3-4-8/h2,5,8H,3-4,6H2,1H3. The monoisotopic (exact) mass is 152 g/mol. The van der Waals surface area contributed by atoms with E-state index >= 15 is 0 Å². The lowest BCUT2D eigenvalue weighted by Crippen LogP contribution is -1.78. The van der Waals surface area contributed by atoms with Gasteiger partial charge in [0.25, 0.3) is 0 Å². The van der Waals surface area contributed by atoms with Crippen molar-refractivity contribution in [2.45, 2.75) is 26.2 Å². The molecule has 0 bridgehead atoms. The van der Waals surface area contributed by atoms with E-state index in [1.165, 1.54) is 24.1 Å². The molecular formula is C9H12S. The van der Waals surface area contributed by atoms with E-state index in [1.807, 2.05) is 11.3 Å². The summed E-state index contributed by atoms with van der Waals surface area (Å²) in [4.78, 5) is 3.04. The van der Waals surface area contributed by atoms with Crippen LogP contribution in [0.5, 0.6) is 0 Å². The topological polar surface area (TPSA) is 0 Å². The van der Waals surface area contributed by atoms with Crippen LogP contribution in [0.1, 0.15) is 22.6 Å². The quantitative estimate of drug-likeness (QED) is 0.611. The minimum Gasteiger partial charge on any atom is -0.146 e. The molecule has 0 amide bonds. The predicted molar refractivity (Wildman–Crippen MR) is 45.5 cm³/mol. The molecule has 1 aromatic heterocycles. The van der Waals surface area contributed by atoms with Crippen LogP contribution in [-0.2, 0) is 6.42 Å². The Morgan fingerprint density at radius 3 is 2.80 bits per heavy atom. The summed E-state index contributed by atoms with van der Waals surface area (Å²) >= 11 is 1.96. The first kappa shape index (κ1) is 6.41. The van der Waals surface area contributed by atoms with Crippen LogP contribution in [-0.4, -0.2) is 0 Å². The van der Waals surface area contributed by atoms with E-state index in [-0.39, 0.29) is 0 Å². The average Bonchev–Trinajstić information content (AvgIpc) is 2.59. The lowest BCUT2D eigenvalue weighted by molar-refractivity contribution is 0.846. The molecule has 1 heteroatoms. The van der Waals surface area contributed by atoms with E-state index in [4.69, 9.17) is 0 Å². The first-order valence-corrected chi connectivity index (χ1v) is 4.71. The highest BCUT2D eigenvalue weighted by Gasteiger charge is 2.21. The van der Waals surface area contributed by atoms with Crippen molar-refractivity contribution in [1.29, 1.82) is 0 Å². The zero-order chi connectivity index (χ0) is 6.97. The maximum Gasteiger partial charge on any atom is 0.00508 e. The summed E-state index contributed by atoms with van der Waals surface area (Å²) in [5.74, 6) is 1.04. The zero-order valence-electron chi connectivity index (χ0n) is 6.26. The third-order valence-electron chi connectivity index (χ3n) is 1.98. The minimum absolute atomic E-state index is 1.04. The molecule has 0 nitrogen and oxygen atoms in total. The van der Waals surface area contributed by atoms with Gasteiger partial charge in [-0.2, -0.15) is 0 Å². The van der Waals surface area contributed by atoms with Crippen LogP contribution in [0.25, 0.3) is 0 Å². The Morgan fingerprint density at radius 1 is 1.50 bits per heavy atom. The van der Waals surface area contributed by atoms with Crippen LogP contribution in [0.4, 0.5) is 0 Å². The number of hydrogen-bond donors (Lipinski definition) is 0. The van der Waals surface area contributed by atoms with Crippen molar-refractivity contribution in [3.8, 4) is 0 Å². The zero-order valence-corrected chi connectivity index (χ0v) is 7.08. The van der Waals surface area contributed by atoms with Gasteiger partial charge in [0.1, 0.15) is 0 Å². The van der Waals surface area contributed by atoms with Crippen molar-refractivity contribution in [1.82, 2.24) is 0 Å². The Labute approximate surface area is 65.9 Å². The van der Waals surface area contributed by atoms with Crippen molar-refractivity contribution in [3.05, 3.63) is 21.9 Å². The first-order chi connectivity index (χ1) is 4.84. The summed E-state index contributed by atoms with van der Waals surface area (Å²) in [5.41, 5.74) is 0. The predicted octanol–water partition coefficient (Wildman–Crippen LogP) is 3.01. The Morgan fingerprint density at radius 2 is 2.30 bits per heavy atom. The Bertz CT molecular complexity index is 220. The average molecular weight is 152 g/mol. The lowest BCUT2D eigenvalue weighted by atomic mass is 10.2. The molecule has 2 rings (SSSR count). The van der Waals surface area contributed by atoms with Crippen molar-refractivity contribution >= 4 is 11.3 Å². The summed E-state index contributed by atoms with van der Waals surface area (Å²) in [5, 5.41) is 0. The molecule has 1 fully saturated rings. The Hall–Kier alpha value is -0.300. The molecule has 0 aromatic carbocycles. The summed E-state index contributed by atoms with van der Waals surface area (Å²) in [7, 11) is 0. The first-order valence-electron chi connectivity index (χ1n) is 3.90. The highest BCUT2D eigenvalue weighted by Crippen LogP contribution is 2.34. The Balaban J connectivity index is 2.03. The van der Waals surface area contributed by atoms with Crippen LogP contribution in [0.3, 0.4) is 0 Å². The van der Waals surface area contributed by atoms with Gasteiger partial charge >= 0.3 is 0 Å². The molecule has 0 saturated heterocycles. The van der Waals surface area contributed by atoms with Gasteiger partial charge in [-0.3, -0.25) is 0 Å². The second-order valence-corrected chi connectivity index (χ2v) is 4.53. The molecular weight excluding hydrogens is 140 g/mol. The van der Waals surface area contributed by atoms with Gasteiger partial charge in [0.05, 0.1) is 0 Å². The Kier molecular flexibility index (Phi) is 1.53. The fourth-order valence-corrected chi connectivity index (χ4v) is 2.21. The van der Waals surface area contributed by atoms with Crippen LogP contribution in [0.15, 0.2) is 12.1 Å². The molecule has 0 spiro atoms. The molecule has 0 unspecified atom stereocenters. The molecule has 1 aliphatic carbocycles. The number of aryl methyl sites for hydroxylation is 1. The molecule has 0 N–H and O–H groups in total. The maximum absolute atomic E-state index is 2.28. The van der Waals surface area contributed by atoms with E-state index in [0.29, 0.717) is 0 Å². The second-order valence-electron chi connectivity index (χ2n) is 3.16. The molecule has 10 heavy (non-hydrogen) atoms. The fourth-order valence-electron chi connectivity index (χ4n) is 1.20. The molecule has 1 heterocycles. The van der Waals surface area contributed by atoms with E-state index in [9.17, 15) is 0 Å². The minimum atomic E-state index is 1.04. The van der Waals surface area contributed by atoms with Gasteiger partial charge in [-0.15, -0.1) is 11.3 Å². The van der Waals surface area contributed by atoms with Crippen molar-refractivity contribution in [2.75, 3.05) is 0 Å². The maximum atomic E-state index is 2.28. The summed E-state index contributed by atoms with van der Waals surface area (Å²) in [6.45, 7) is 2.18. The van der Waals surface area contributed by atoms with Crippen LogP contribution in [0, 0.1) is 12.8 Å². The fraction of sp³-hybridized carbons (Fsp3) is 0.556. The number of thiophene rings is 1. The van der Waals surface area contributed by atoms with E-state index in [1.54, 1.807) is 4.88 Å². The molecule has 0 atom stereocenters. The highest BCUT2D eigenvalue weighted by molar-refractivity contribution is 7.11. The van der Waals surface area contributed by atoms with Crippen LogP contribution in [0.2, 0.25) is 0 Å². The van der Waals surface area contributed by atoms with Crippen molar-refractivity contribution < 1.29 is 0 Å². The third-order valence-corrected chi connectivity index (χ3v) is 3.01. The molecule has 54 valence electrons. The molecule has 1 saturated carbocycles. The van der Waals surface area contributed by atoms with Gasteiger partial charge in [-0.1, -0.05) is 0 Å². The van der Waals surface area contributed by atoms with Gasteiger partial charge in [-0.25, -0.2) is 0 Å². The van der Waals surface area contributed by atoms with Crippen molar-refractivity contribution in [2.24, 2.45) is 5.92 Å². The lowest BCUT2D eigenvalue weighted by Gasteiger charge is -1.89. The SMILES string of the molecule is Cc1ccc(CC2CC2)s1. The van der Waals surface area contributed by atoms with Gasteiger partial charge in [0, 0.05) is 9.75 Å². The van der Waals surface area contributed by atoms with E-state index in [0.717, 1.165) is 5.92 Å². The van der Waals surface area contributed by atoms with Crippen molar-refractivity contribution in [3.63, 3.8) is 0 Å². The van der Waals surface area contributed by atoms with Crippen LogP contribution >= 0.6 is 11.3 Å². The normalized spacial score (nSPS) is 17.7. The smallest absolute Gasteiger partial charge is 0.00508 e. The van der Waals surface area contributed by atoms with Gasteiger partial charge in [0.15, 0.2) is 0 Å². The summed E-state index contributed by atoms with van der Waals surface area (Å²) < 4.78 is 0. The third kappa shape index (κ3) is 1.40. The molecule has 0 radical (unpaired) electrons. The molecule has 0 aliphatic heterocycles. The van der Waals surface area contributed by atoms with Gasteiger partial charge in [-0.05, 0) is 44.2 Å². The number of hydrogen-bond acceptors (Lipinski definition) is 1. The van der Waals surface area contributed by atoms with E-state index < -0.39 is 0 Å². The van der Waals surface area contributed by atoms with Crippen LogP contribution < -0.4 is 0 Å². The van der Waals surface area contributed by atoms with E-state index in [2.05, 4.69) is 19.1 Å².